The lowest BCUT2D eigenvalue weighted by Crippen LogP contribution is -2.24. The predicted octanol–water partition coefficient (Wildman–Crippen LogP) is 3.02. The first kappa shape index (κ1) is 20.1. The van der Waals surface area contributed by atoms with Gasteiger partial charge in [0.15, 0.2) is 5.69 Å². The quantitative estimate of drug-likeness (QED) is 0.559. The average molecular weight is 398 g/mol. The Morgan fingerprint density at radius 3 is 2.48 bits per heavy atom. The number of nitrogens with zero attached hydrogens (tertiary/aromatic N) is 3. The molecule has 10 nitrogen and oxygen atoms in total. The van der Waals surface area contributed by atoms with Crippen LogP contribution in [-0.4, -0.2) is 44.8 Å². The molecule has 0 aliphatic carbocycles. The van der Waals surface area contributed by atoms with Crippen molar-refractivity contribution in [1.29, 1.82) is 0 Å². The van der Waals surface area contributed by atoms with Crippen LogP contribution in [0.2, 0.25) is 0 Å². The maximum absolute atomic E-state index is 12.5. The van der Waals surface area contributed by atoms with Crippen LogP contribution in [-0.2, 0) is 9.53 Å². The number of methoxy groups -OCH3 is 1. The molecule has 2 aromatic heterocycles. The Kier molecular flexibility index (Phi) is 5.35. The standard InChI is InChI=1S/C19H22N6O4/c1-10(26)22-15-8-16(21-9-20-15)23-13-6-11-12(7-14(13)28-5)24-25-17(11)18(27)29-19(2,3)4/h6-9H,1-5H3,(H,24,25)(H2,20,21,22,23,26). The fourth-order valence-electron chi connectivity index (χ4n) is 2.61. The van der Waals surface area contributed by atoms with Crippen molar-refractivity contribution in [3.8, 4) is 5.75 Å². The van der Waals surface area contributed by atoms with Crippen LogP contribution in [0.25, 0.3) is 10.9 Å². The van der Waals surface area contributed by atoms with Gasteiger partial charge in [0, 0.05) is 24.4 Å². The molecule has 3 rings (SSSR count). The first-order valence-corrected chi connectivity index (χ1v) is 8.82. The Bertz CT molecular complexity index is 1070. The van der Waals surface area contributed by atoms with E-state index < -0.39 is 11.6 Å². The van der Waals surface area contributed by atoms with Crippen LogP contribution < -0.4 is 15.4 Å². The molecule has 1 aromatic carbocycles. The molecule has 0 unspecified atom stereocenters. The zero-order valence-corrected chi connectivity index (χ0v) is 16.8. The molecule has 1 amide bonds. The van der Waals surface area contributed by atoms with Crippen LogP contribution >= 0.6 is 0 Å². The first-order valence-electron chi connectivity index (χ1n) is 8.82. The summed E-state index contributed by atoms with van der Waals surface area (Å²) in [5.74, 6) is 0.525. The van der Waals surface area contributed by atoms with Crippen LogP contribution in [0, 0.1) is 0 Å². The van der Waals surface area contributed by atoms with Crippen molar-refractivity contribution in [3.05, 3.63) is 30.2 Å². The smallest absolute Gasteiger partial charge is 0.360 e. The number of fused-ring (bicyclic) bond motifs is 1. The third kappa shape index (κ3) is 4.78. The van der Waals surface area contributed by atoms with Gasteiger partial charge in [-0.2, -0.15) is 5.10 Å². The first-order chi connectivity index (χ1) is 13.7. The lowest BCUT2D eigenvalue weighted by molar-refractivity contribution is -0.114. The van der Waals surface area contributed by atoms with E-state index in [-0.39, 0.29) is 11.6 Å². The summed E-state index contributed by atoms with van der Waals surface area (Å²) < 4.78 is 10.9. The Hall–Kier alpha value is -3.69. The second kappa shape index (κ2) is 7.74. The molecule has 0 aliphatic heterocycles. The van der Waals surface area contributed by atoms with Gasteiger partial charge in [-0.05, 0) is 26.8 Å². The molecular formula is C19H22N6O4. The summed E-state index contributed by atoms with van der Waals surface area (Å²) in [6.07, 6.45) is 1.32. The highest BCUT2D eigenvalue weighted by Gasteiger charge is 2.23. The number of anilines is 3. The fraction of sp³-hybridized carbons (Fsp3) is 0.316. The van der Waals surface area contributed by atoms with Crippen LogP contribution in [0.1, 0.15) is 38.2 Å². The van der Waals surface area contributed by atoms with E-state index in [1.807, 2.05) is 0 Å². The fourth-order valence-corrected chi connectivity index (χ4v) is 2.61. The molecule has 29 heavy (non-hydrogen) atoms. The maximum Gasteiger partial charge on any atom is 0.360 e. The maximum atomic E-state index is 12.5. The minimum Gasteiger partial charge on any atom is -0.494 e. The molecular weight excluding hydrogens is 376 g/mol. The second-order valence-corrected chi connectivity index (χ2v) is 7.27. The van der Waals surface area contributed by atoms with Gasteiger partial charge in [-0.1, -0.05) is 0 Å². The number of amides is 1. The Labute approximate surface area is 167 Å². The van der Waals surface area contributed by atoms with Crippen molar-refractivity contribution in [2.75, 3.05) is 17.7 Å². The summed E-state index contributed by atoms with van der Waals surface area (Å²) in [6.45, 7) is 6.76. The van der Waals surface area contributed by atoms with Gasteiger partial charge >= 0.3 is 5.97 Å². The number of ether oxygens (including phenoxy) is 2. The van der Waals surface area contributed by atoms with Gasteiger partial charge in [-0.3, -0.25) is 9.89 Å². The number of nitrogens with one attached hydrogen (secondary N) is 3. The van der Waals surface area contributed by atoms with Crippen LogP contribution in [0.4, 0.5) is 17.3 Å². The van der Waals surface area contributed by atoms with Gasteiger partial charge in [0.05, 0.1) is 18.3 Å². The molecule has 0 bridgehead atoms. The zero-order chi connectivity index (χ0) is 21.2. The average Bonchev–Trinajstić information content (AvgIpc) is 3.02. The van der Waals surface area contributed by atoms with E-state index in [1.165, 1.54) is 20.4 Å². The minimum absolute atomic E-state index is 0.169. The van der Waals surface area contributed by atoms with Gasteiger partial charge in [-0.15, -0.1) is 0 Å². The van der Waals surface area contributed by atoms with Crippen molar-refractivity contribution in [3.63, 3.8) is 0 Å². The molecule has 0 spiro atoms. The van der Waals surface area contributed by atoms with Crippen molar-refractivity contribution in [2.45, 2.75) is 33.3 Å². The van der Waals surface area contributed by atoms with Gasteiger partial charge in [0.2, 0.25) is 5.91 Å². The Morgan fingerprint density at radius 1 is 1.10 bits per heavy atom. The summed E-state index contributed by atoms with van der Waals surface area (Å²) in [7, 11) is 1.53. The number of carbonyl (C=O) groups is 2. The number of aromatic amines is 1. The van der Waals surface area contributed by atoms with Crippen molar-refractivity contribution in [2.24, 2.45) is 0 Å². The highest BCUT2D eigenvalue weighted by atomic mass is 16.6. The summed E-state index contributed by atoms with van der Waals surface area (Å²) in [5, 5.41) is 13.2. The van der Waals surface area contributed by atoms with Gasteiger partial charge < -0.3 is 20.1 Å². The molecule has 0 radical (unpaired) electrons. The highest BCUT2D eigenvalue weighted by Crippen LogP contribution is 2.33. The van der Waals surface area contributed by atoms with Crippen molar-refractivity contribution < 1.29 is 19.1 Å². The summed E-state index contributed by atoms with van der Waals surface area (Å²) in [5.41, 5.74) is 0.701. The molecule has 0 fully saturated rings. The highest BCUT2D eigenvalue weighted by molar-refractivity contribution is 6.04. The lowest BCUT2D eigenvalue weighted by atomic mass is 10.1. The van der Waals surface area contributed by atoms with Crippen LogP contribution in [0.5, 0.6) is 5.75 Å². The van der Waals surface area contributed by atoms with E-state index in [1.54, 1.807) is 39.0 Å². The van der Waals surface area contributed by atoms with E-state index >= 15 is 0 Å². The summed E-state index contributed by atoms with van der Waals surface area (Å²) >= 11 is 0. The second-order valence-electron chi connectivity index (χ2n) is 7.27. The van der Waals surface area contributed by atoms with E-state index in [0.29, 0.717) is 34.0 Å². The van der Waals surface area contributed by atoms with Crippen LogP contribution in [0.3, 0.4) is 0 Å². The Morgan fingerprint density at radius 2 is 1.83 bits per heavy atom. The molecule has 0 saturated carbocycles. The van der Waals surface area contributed by atoms with E-state index in [2.05, 4.69) is 30.8 Å². The molecule has 2 heterocycles. The van der Waals surface area contributed by atoms with Gasteiger partial charge in [0.1, 0.15) is 29.3 Å². The summed E-state index contributed by atoms with van der Waals surface area (Å²) in [6, 6.07) is 5.01. The van der Waals surface area contributed by atoms with Crippen molar-refractivity contribution in [1.82, 2.24) is 20.2 Å². The lowest BCUT2D eigenvalue weighted by Gasteiger charge is -2.18. The predicted molar refractivity (Wildman–Crippen MR) is 107 cm³/mol. The van der Waals surface area contributed by atoms with E-state index in [9.17, 15) is 9.59 Å². The molecule has 0 atom stereocenters. The minimum atomic E-state index is -0.642. The van der Waals surface area contributed by atoms with E-state index in [0.717, 1.165) is 0 Å². The normalized spacial score (nSPS) is 11.2. The molecule has 3 aromatic rings. The number of rotatable bonds is 5. The van der Waals surface area contributed by atoms with Gasteiger partial charge in [0.25, 0.3) is 0 Å². The van der Waals surface area contributed by atoms with Crippen LogP contribution in [0.15, 0.2) is 24.5 Å². The third-order valence-electron chi connectivity index (χ3n) is 3.71. The number of esters is 1. The molecule has 152 valence electrons. The Balaban J connectivity index is 1.98. The van der Waals surface area contributed by atoms with Gasteiger partial charge in [-0.25, -0.2) is 14.8 Å². The number of hydrogen-bond donors (Lipinski definition) is 3. The molecule has 0 aliphatic rings. The number of H-pyrrole nitrogens is 1. The molecule has 3 N–H and O–H groups in total. The SMILES string of the molecule is COc1cc2[nH]nc(C(=O)OC(C)(C)C)c2cc1Nc1cc(NC(C)=O)ncn1. The topological polar surface area (TPSA) is 131 Å². The molecule has 10 heteroatoms. The van der Waals surface area contributed by atoms with E-state index in [4.69, 9.17) is 9.47 Å². The summed E-state index contributed by atoms with van der Waals surface area (Å²) in [4.78, 5) is 31.9. The number of benzene rings is 1. The zero-order valence-electron chi connectivity index (χ0n) is 16.8. The number of hydrogen-bond acceptors (Lipinski definition) is 8. The number of carbonyl (C=O) groups excluding carboxylic acids is 2. The molecule has 0 saturated heterocycles. The third-order valence-corrected chi connectivity index (χ3v) is 3.71. The van der Waals surface area contributed by atoms with Crippen molar-refractivity contribution >= 4 is 40.1 Å². The largest absolute Gasteiger partial charge is 0.494 e. The number of aromatic nitrogens is 4. The monoisotopic (exact) mass is 398 g/mol.